The van der Waals surface area contributed by atoms with Crippen molar-refractivity contribution in [1.29, 1.82) is 0 Å². The Labute approximate surface area is 134 Å². The summed E-state index contributed by atoms with van der Waals surface area (Å²) in [6.45, 7) is 6.79. The molecule has 1 aromatic carbocycles. The number of unbranched alkanes of at least 4 members (excludes halogenated alkanes) is 3. The maximum Gasteiger partial charge on any atom is 0.0487 e. The molecule has 1 aliphatic heterocycles. The number of nitrogens with zero attached hydrogens (tertiary/aromatic N) is 1. The molecule has 2 nitrogen and oxygen atoms in total. The molecule has 0 radical (unpaired) electrons. The van der Waals surface area contributed by atoms with Gasteiger partial charge >= 0.3 is 0 Å². The van der Waals surface area contributed by atoms with E-state index in [9.17, 15) is 0 Å². The summed E-state index contributed by atoms with van der Waals surface area (Å²) in [5, 5.41) is 4.55. The second kappa shape index (κ2) is 9.45. The molecule has 1 unspecified atom stereocenters. The summed E-state index contributed by atoms with van der Waals surface area (Å²) in [6.07, 6.45) is 7.90. The Morgan fingerprint density at radius 2 is 1.90 bits per heavy atom. The zero-order chi connectivity index (χ0) is 14.9. The molecule has 1 saturated heterocycles. The average molecular weight is 309 g/mol. The summed E-state index contributed by atoms with van der Waals surface area (Å²) in [4.78, 5) is 2.58. The van der Waals surface area contributed by atoms with Crippen molar-refractivity contribution >= 4 is 11.6 Å². The van der Waals surface area contributed by atoms with Crippen LogP contribution in [-0.4, -0.2) is 31.1 Å². The lowest BCUT2D eigenvalue weighted by Gasteiger charge is -2.29. The van der Waals surface area contributed by atoms with E-state index in [0.29, 0.717) is 6.04 Å². The third kappa shape index (κ3) is 5.28. The minimum atomic E-state index is 0.423. The van der Waals surface area contributed by atoms with Crippen LogP contribution in [0.5, 0.6) is 0 Å². The molecule has 1 aromatic rings. The number of hydrogen-bond donors (Lipinski definition) is 1. The molecule has 1 heterocycles. The summed E-state index contributed by atoms with van der Waals surface area (Å²) >= 11 is 6.42. The molecule has 118 valence electrons. The van der Waals surface area contributed by atoms with Crippen LogP contribution in [0.4, 0.5) is 0 Å². The number of nitrogens with one attached hydrogen (secondary N) is 1. The Morgan fingerprint density at radius 1 is 1.14 bits per heavy atom. The monoisotopic (exact) mass is 308 g/mol. The highest BCUT2D eigenvalue weighted by molar-refractivity contribution is 6.31. The second-order valence-corrected chi connectivity index (χ2v) is 6.45. The Morgan fingerprint density at radius 3 is 2.62 bits per heavy atom. The number of hydrogen-bond acceptors (Lipinski definition) is 2. The zero-order valence-electron chi connectivity index (χ0n) is 13.3. The lowest BCUT2D eigenvalue weighted by Crippen LogP contribution is -2.34. The molecule has 3 heteroatoms. The highest BCUT2D eigenvalue weighted by Gasteiger charge is 2.24. The molecule has 1 N–H and O–H groups in total. The fourth-order valence-electron chi connectivity index (χ4n) is 3.15. The van der Waals surface area contributed by atoms with Crippen molar-refractivity contribution in [2.45, 2.75) is 51.5 Å². The van der Waals surface area contributed by atoms with Gasteiger partial charge in [0.2, 0.25) is 0 Å². The maximum atomic E-state index is 6.42. The largest absolute Gasteiger partial charge is 0.315 e. The molecular formula is C18H29ClN2. The normalized spacial score (nSPS) is 17.2. The predicted molar refractivity (Wildman–Crippen MR) is 92.0 cm³/mol. The van der Waals surface area contributed by atoms with Gasteiger partial charge in [0.15, 0.2) is 0 Å². The molecular weight excluding hydrogens is 280 g/mol. The molecule has 0 aromatic heterocycles. The van der Waals surface area contributed by atoms with E-state index in [-0.39, 0.29) is 0 Å². The molecule has 2 rings (SSSR count). The van der Waals surface area contributed by atoms with E-state index in [1.807, 2.05) is 12.1 Å². The third-order valence-corrected chi connectivity index (χ3v) is 4.73. The van der Waals surface area contributed by atoms with Crippen LogP contribution in [0.3, 0.4) is 0 Å². The third-order valence-electron chi connectivity index (χ3n) is 4.39. The van der Waals surface area contributed by atoms with Crippen molar-refractivity contribution in [2.24, 2.45) is 0 Å². The van der Waals surface area contributed by atoms with Crippen LogP contribution in [0.2, 0.25) is 5.02 Å². The molecule has 0 spiro atoms. The number of likely N-dealkylation sites (tertiary alicyclic amines) is 1. The van der Waals surface area contributed by atoms with Crippen molar-refractivity contribution in [3.8, 4) is 0 Å². The first-order valence-electron chi connectivity index (χ1n) is 8.52. The standard InChI is InChI=1S/C18H29ClN2/c1-2-3-4-7-12-20-15-18(21-13-8-9-14-21)16-10-5-6-11-17(16)19/h5-6,10-11,18,20H,2-4,7-9,12-15H2,1H3. The van der Waals surface area contributed by atoms with Gasteiger partial charge in [-0.2, -0.15) is 0 Å². The van der Waals surface area contributed by atoms with E-state index in [4.69, 9.17) is 11.6 Å². The number of halogens is 1. The molecule has 0 bridgehead atoms. The Bertz CT molecular complexity index is 402. The summed E-state index contributed by atoms with van der Waals surface area (Å²) in [5.41, 5.74) is 1.28. The van der Waals surface area contributed by atoms with Gasteiger partial charge in [0.05, 0.1) is 0 Å². The van der Waals surface area contributed by atoms with Gasteiger partial charge in [0.1, 0.15) is 0 Å². The van der Waals surface area contributed by atoms with Gasteiger partial charge in [-0.25, -0.2) is 0 Å². The van der Waals surface area contributed by atoms with Crippen LogP contribution in [-0.2, 0) is 0 Å². The van der Waals surface area contributed by atoms with Crippen LogP contribution in [0.15, 0.2) is 24.3 Å². The van der Waals surface area contributed by atoms with Gasteiger partial charge in [-0.3, -0.25) is 4.90 Å². The van der Waals surface area contributed by atoms with Gasteiger partial charge in [0.25, 0.3) is 0 Å². The SMILES string of the molecule is CCCCCCNCC(c1ccccc1Cl)N1CCCC1. The van der Waals surface area contributed by atoms with Crippen molar-refractivity contribution in [3.05, 3.63) is 34.9 Å². The van der Waals surface area contributed by atoms with E-state index in [1.54, 1.807) is 0 Å². The fraction of sp³-hybridized carbons (Fsp3) is 0.667. The van der Waals surface area contributed by atoms with Gasteiger partial charge in [-0.1, -0.05) is 56.0 Å². The zero-order valence-corrected chi connectivity index (χ0v) is 14.0. The van der Waals surface area contributed by atoms with Crippen molar-refractivity contribution in [1.82, 2.24) is 10.2 Å². The summed E-state index contributed by atoms with van der Waals surface area (Å²) in [7, 11) is 0. The minimum Gasteiger partial charge on any atom is -0.315 e. The minimum absolute atomic E-state index is 0.423. The van der Waals surface area contributed by atoms with E-state index >= 15 is 0 Å². The van der Waals surface area contributed by atoms with Gasteiger partial charge in [-0.05, 0) is 50.5 Å². The molecule has 1 aliphatic rings. The van der Waals surface area contributed by atoms with Gasteiger partial charge < -0.3 is 5.32 Å². The Kier molecular flexibility index (Phi) is 7.56. The van der Waals surface area contributed by atoms with Gasteiger partial charge in [-0.15, -0.1) is 0 Å². The second-order valence-electron chi connectivity index (χ2n) is 6.05. The summed E-state index contributed by atoms with van der Waals surface area (Å²) in [5.74, 6) is 0. The number of benzene rings is 1. The highest BCUT2D eigenvalue weighted by Crippen LogP contribution is 2.29. The molecule has 0 saturated carbocycles. The first kappa shape index (κ1) is 16.8. The average Bonchev–Trinajstić information content (AvgIpc) is 3.02. The molecule has 21 heavy (non-hydrogen) atoms. The summed E-state index contributed by atoms with van der Waals surface area (Å²) < 4.78 is 0. The summed E-state index contributed by atoms with van der Waals surface area (Å²) in [6, 6.07) is 8.74. The lowest BCUT2D eigenvalue weighted by atomic mass is 10.1. The van der Waals surface area contributed by atoms with Crippen molar-refractivity contribution < 1.29 is 0 Å². The van der Waals surface area contributed by atoms with E-state index in [2.05, 4.69) is 29.3 Å². The van der Waals surface area contributed by atoms with Gasteiger partial charge in [0, 0.05) is 17.6 Å². The van der Waals surface area contributed by atoms with Crippen molar-refractivity contribution in [3.63, 3.8) is 0 Å². The first-order chi connectivity index (χ1) is 10.3. The van der Waals surface area contributed by atoms with Crippen LogP contribution in [0.25, 0.3) is 0 Å². The lowest BCUT2D eigenvalue weighted by molar-refractivity contribution is 0.238. The van der Waals surface area contributed by atoms with Crippen LogP contribution < -0.4 is 5.32 Å². The molecule has 0 amide bonds. The predicted octanol–water partition coefficient (Wildman–Crippen LogP) is 4.65. The fourth-order valence-corrected chi connectivity index (χ4v) is 3.41. The molecule has 1 atom stereocenters. The highest BCUT2D eigenvalue weighted by atomic mass is 35.5. The molecule has 1 fully saturated rings. The Hall–Kier alpha value is -0.570. The topological polar surface area (TPSA) is 15.3 Å². The van der Waals surface area contributed by atoms with Crippen LogP contribution >= 0.6 is 11.6 Å². The Balaban J connectivity index is 1.89. The van der Waals surface area contributed by atoms with Crippen molar-refractivity contribution in [2.75, 3.05) is 26.2 Å². The number of rotatable bonds is 9. The first-order valence-corrected chi connectivity index (χ1v) is 8.90. The van der Waals surface area contributed by atoms with E-state index in [1.165, 1.54) is 57.2 Å². The van der Waals surface area contributed by atoms with E-state index in [0.717, 1.165) is 18.1 Å². The van der Waals surface area contributed by atoms with Crippen LogP contribution in [0.1, 0.15) is 57.1 Å². The van der Waals surface area contributed by atoms with Crippen LogP contribution in [0, 0.1) is 0 Å². The quantitative estimate of drug-likeness (QED) is 0.668. The van der Waals surface area contributed by atoms with E-state index < -0.39 is 0 Å². The molecule has 0 aliphatic carbocycles. The smallest absolute Gasteiger partial charge is 0.0487 e. The maximum absolute atomic E-state index is 6.42.